The average Bonchev–Trinajstić information content (AvgIpc) is 2.68. The molecule has 0 aromatic heterocycles. The number of rotatable bonds is 9. The third kappa shape index (κ3) is 6.43. The fourth-order valence-corrected chi connectivity index (χ4v) is 2.08. The van der Waals surface area contributed by atoms with Gasteiger partial charge in [0.25, 0.3) is 0 Å². The van der Waals surface area contributed by atoms with Gasteiger partial charge in [0.1, 0.15) is 0 Å². The smallest absolute Gasteiger partial charge is 0.0700 e. The minimum absolute atomic E-state index is 0.426. The van der Waals surface area contributed by atoms with Crippen LogP contribution in [0, 0.1) is 0 Å². The van der Waals surface area contributed by atoms with Crippen LogP contribution in [0.3, 0.4) is 0 Å². The van der Waals surface area contributed by atoms with Crippen molar-refractivity contribution in [2.24, 2.45) is 5.73 Å². The molecule has 2 atom stereocenters. The number of hydrogen-bond donors (Lipinski definition) is 2. The Morgan fingerprint density at radius 3 is 2.75 bits per heavy atom. The average molecular weight is 230 g/mol. The van der Waals surface area contributed by atoms with Crippen LogP contribution in [-0.4, -0.2) is 45.6 Å². The molecule has 1 aliphatic rings. The van der Waals surface area contributed by atoms with Gasteiger partial charge in [0, 0.05) is 25.8 Å². The first-order valence-corrected chi connectivity index (χ1v) is 6.38. The topological polar surface area (TPSA) is 56.5 Å². The van der Waals surface area contributed by atoms with Gasteiger partial charge < -0.3 is 20.5 Å². The molecule has 3 N–H and O–H groups in total. The zero-order chi connectivity index (χ0) is 11.6. The number of methoxy groups -OCH3 is 1. The summed E-state index contributed by atoms with van der Waals surface area (Å²) in [4.78, 5) is 0. The summed E-state index contributed by atoms with van der Waals surface area (Å²) in [5.41, 5.74) is 5.85. The lowest BCUT2D eigenvalue weighted by atomic mass is 10.2. The Bertz CT molecular complexity index is 167. The normalized spacial score (nSPS) is 25.1. The summed E-state index contributed by atoms with van der Waals surface area (Å²) in [6, 6.07) is 1.08. The molecular weight excluding hydrogens is 204 g/mol. The van der Waals surface area contributed by atoms with Gasteiger partial charge >= 0.3 is 0 Å². The predicted octanol–water partition coefficient (Wildman–Crippen LogP) is 0.899. The maximum Gasteiger partial charge on any atom is 0.0700 e. The van der Waals surface area contributed by atoms with Crippen molar-refractivity contribution >= 4 is 0 Å². The van der Waals surface area contributed by atoms with Gasteiger partial charge in [0.15, 0.2) is 0 Å². The van der Waals surface area contributed by atoms with Crippen LogP contribution in [0.1, 0.15) is 32.1 Å². The third-order valence-corrected chi connectivity index (χ3v) is 3.05. The summed E-state index contributed by atoms with van der Waals surface area (Å²) in [5.74, 6) is 0. The molecular formula is C12H26N2O2. The Kier molecular flexibility index (Phi) is 7.76. The number of hydrogen-bond acceptors (Lipinski definition) is 4. The zero-order valence-electron chi connectivity index (χ0n) is 10.4. The molecule has 0 bridgehead atoms. The molecule has 0 saturated heterocycles. The van der Waals surface area contributed by atoms with Crippen LogP contribution in [-0.2, 0) is 9.47 Å². The monoisotopic (exact) mass is 230 g/mol. The fourth-order valence-electron chi connectivity index (χ4n) is 2.08. The highest BCUT2D eigenvalue weighted by Crippen LogP contribution is 2.16. The number of nitrogens with two attached hydrogens (primary N) is 1. The van der Waals surface area contributed by atoms with E-state index < -0.39 is 0 Å². The van der Waals surface area contributed by atoms with E-state index in [2.05, 4.69) is 5.32 Å². The Morgan fingerprint density at radius 1 is 1.19 bits per heavy atom. The molecule has 0 aromatic rings. The lowest BCUT2D eigenvalue weighted by Gasteiger charge is -2.11. The molecule has 4 heteroatoms. The zero-order valence-corrected chi connectivity index (χ0v) is 10.4. The summed E-state index contributed by atoms with van der Waals surface area (Å²) < 4.78 is 10.3. The van der Waals surface area contributed by atoms with E-state index >= 15 is 0 Å². The van der Waals surface area contributed by atoms with Gasteiger partial charge in [-0.25, -0.2) is 0 Å². The molecule has 0 radical (unpaired) electrons. The van der Waals surface area contributed by atoms with E-state index in [1.807, 2.05) is 0 Å². The van der Waals surface area contributed by atoms with Gasteiger partial charge in [-0.3, -0.25) is 0 Å². The maximum absolute atomic E-state index is 5.85. The van der Waals surface area contributed by atoms with Crippen molar-refractivity contribution in [1.82, 2.24) is 5.32 Å². The van der Waals surface area contributed by atoms with E-state index in [1.54, 1.807) is 7.11 Å². The van der Waals surface area contributed by atoms with E-state index in [1.165, 1.54) is 19.3 Å². The van der Waals surface area contributed by atoms with Crippen LogP contribution in [0.4, 0.5) is 0 Å². The molecule has 0 amide bonds. The minimum Gasteiger partial charge on any atom is -0.382 e. The molecule has 1 saturated carbocycles. The first kappa shape index (κ1) is 13.9. The van der Waals surface area contributed by atoms with Gasteiger partial charge in [0.05, 0.1) is 13.2 Å². The van der Waals surface area contributed by atoms with Gasteiger partial charge in [-0.2, -0.15) is 0 Å². The SMILES string of the molecule is COCCOCCCCNC1CCC(N)C1. The van der Waals surface area contributed by atoms with Crippen molar-refractivity contribution in [1.29, 1.82) is 0 Å². The van der Waals surface area contributed by atoms with Crippen LogP contribution < -0.4 is 11.1 Å². The van der Waals surface area contributed by atoms with Crippen LogP contribution in [0.5, 0.6) is 0 Å². The highest BCUT2D eigenvalue weighted by molar-refractivity contribution is 4.82. The molecule has 2 unspecified atom stereocenters. The summed E-state index contributed by atoms with van der Waals surface area (Å²) in [7, 11) is 1.69. The Hall–Kier alpha value is -0.160. The molecule has 0 heterocycles. The van der Waals surface area contributed by atoms with E-state index in [0.717, 1.165) is 26.0 Å². The summed E-state index contributed by atoms with van der Waals surface area (Å²) in [6.45, 7) is 3.33. The van der Waals surface area contributed by atoms with Crippen molar-refractivity contribution in [3.05, 3.63) is 0 Å². The van der Waals surface area contributed by atoms with E-state index in [4.69, 9.17) is 15.2 Å². The molecule has 0 aromatic carbocycles. The maximum atomic E-state index is 5.85. The molecule has 1 rings (SSSR count). The number of ether oxygens (including phenoxy) is 2. The molecule has 4 nitrogen and oxygen atoms in total. The van der Waals surface area contributed by atoms with E-state index in [9.17, 15) is 0 Å². The molecule has 1 aliphatic carbocycles. The van der Waals surface area contributed by atoms with Gasteiger partial charge in [-0.1, -0.05) is 0 Å². The van der Waals surface area contributed by atoms with Crippen molar-refractivity contribution in [3.63, 3.8) is 0 Å². The molecule has 0 aliphatic heterocycles. The fraction of sp³-hybridized carbons (Fsp3) is 1.00. The Labute approximate surface area is 98.9 Å². The number of unbranched alkanes of at least 4 members (excludes halogenated alkanes) is 1. The quantitative estimate of drug-likeness (QED) is 0.578. The first-order valence-electron chi connectivity index (χ1n) is 6.38. The van der Waals surface area contributed by atoms with Crippen molar-refractivity contribution < 1.29 is 9.47 Å². The Balaban J connectivity index is 1.78. The van der Waals surface area contributed by atoms with E-state index in [-0.39, 0.29) is 0 Å². The predicted molar refractivity (Wildman–Crippen MR) is 65.5 cm³/mol. The highest BCUT2D eigenvalue weighted by atomic mass is 16.5. The van der Waals surface area contributed by atoms with Crippen molar-refractivity contribution in [2.75, 3.05) is 33.5 Å². The summed E-state index contributed by atoms with van der Waals surface area (Å²) in [6.07, 6.45) is 5.86. The highest BCUT2D eigenvalue weighted by Gasteiger charge is 2.20. The third-order valence-electron chi connectivity index (χ3n) is 3.05. The Morgan fingerprint density at radius 2 is 2.06 bits per heavy atom. The molecule has 0 spiro atoms. The molecule has 16 heavy (non-hydrogen) atoms. The largest absolute Gasteiger partial charge is 0.382 e. The minimum atomic E-state index is 0.426. The van der Waals surface area contributed by atoms with Crippen LogP contribution in [0.25, 0.3) is 0 Å². The van der Waals surface area contributed by atoms with Crippen LogP contribution in [0.2, 0.25) is 0 Å². The van der Waals surface area contributed by atoms with Crippen molar-refractivity contribution in [3.8, 4) is 0 Å². The first-order chi connectivity index (χ1) is 7.83. The van der Waals surface area contributed by atoms with Gasteiger partial charge in [-0.05, 0) is 38.6 Å². The lowest BCUT2D eigenvalue weighted by Crippen LogP contribution is -2.29. The van der Waals surface area contributed by atoms with Crippen LogP contribution >= 0.6 is 0 Å². The lowest BCUT2D eigenvalue weighted by molar-refractivity contribution is 0.0687. The summed E-state index contributed by atoms with van der Waals surface area (Å²) in [5, 5.41) is 3.55. The van der Waals surface area contributed by atoms with E-state index in [0.29, 0.717) is 25.3 Å². The van der Waals surface area contributed by atoms with Crippen molar-refractivity contribution in [2.45, 2.75) is 44.2 Å². The molecule has 96 valence electrons. The second kappa shape index (κ2) is 8.93. The second-order valence-corrected chi connectivity index (χ2v) is 4.54. The van der Waals surface area contributed by atoms with Gasteiger partial charge in [0.2, 0.25) is 0 Å². The standard InChI is InChI=1S/C12H26N2O2/c1-15-8-9-16-7-3-2-6-14-12-5-4-11(13)10-12/h11-12,14H,2-10,13H2,1H3. The number of nitrogens with one attached hydrogen (secondary N) is 1. The second-order valence-electron chi connectivity index (χ2n) is 4.54. The molecule has 1 fully saturated rings. The van der Waals surface area contributed by atoms with Crippen LogP contribution in [0.15, 0.2) is 0 Å². The summed E-state index contributed by atoms with van der Waals surface area (Å²) >= 11 is 0. The van der Waals surface area contributed by atoms with Gasteiger partial charge in [-0.15, -0.1) is 0 Å².